The fourth-order valence-corrected chi connectivity index (χ4v) is 3.02. The Hall–Kier alpha value is -1.33. The maximum absolute atomic E-state index is 12.4. The van der Waals surface area contributed by atoms with Gasteiger partial charge >= 0.3 is 0 Å². The maximum atomic E-state index is 12.4. The second-order valence-corrected chi connectivity index (χ2v) is 6.43. The Labute approximate surface area is 140 Å². The summed E-state index contributed by atoms with van der Waals surface area (Å²) in [4.78, 5) is 11.7. The van der Waals surface area contributed by atoms with Crippen LogP contribution in [-0.2, 0) is 0 Å². The number of para-hydroxylation sites is 1. The zero-order chi connectivity index (χ0) is 15.4. The average Bonchev–Trinajstić information content (AvgIpc) is 2.53. The first kappa shape index (κ1) is 16.0. The summed E-state index contributed by atoms with van der Waals surface area (Å²) in [6, 6.07) is 14.0. The predicted octanol–water partition coefficient (Wildman–Crippen LogP) is 4.48. The fourth-order valence-electron chi connectivity index (χ4n) is 1.92. The van der Waals surface area contributed by atoms with E-state index in [1.807, 2.05) is 24.3 Å². The molecule has 2 atom stereocenters. The predicted molar refractivity (Wildman–Crippen MR) is 89.8 cm³/mol. The van der Waals surface area contributed by atoms with Crippen LogP contribution in [0.25, 0.3) is 0 Å². The van der Waals surface area contributed by atoms with Crippen LogP contribution in [0.3, 0.4) is 0 Å². The van der Waals surface area contributed by atoms with Crippen molar-refractivity contribution in [3.8, 4) is 11.5 Å². The van der Waals surface area contributed by atoms with E-state index in [2.05, 4.69) is 31.9 Å². The molecule has 2 aromatic carbocycles. The van der Waals surface area contributed by atoms with Gasteiger partial charge in [0.1, 0.15) is 11.5 Å². The molecule has 0 saturated heterocycles. The van der Waals surface area contributed by atoms with Crippen molar-refractivity contribution in [3.63, 3.8) is 0 Å². The van der Waals surface area contributed by atoms with Crippen LogP contribution in [0.5, 0.6) is 11.5 Å². The number of ketones is 1. The summed E-state index contributed by atoms with van der Waals surface area (Å²) in [7, 11) is 1.61. The van der Waals surface area contributed by atoms with Gasteiger partial charge in [-0.25, -0.2) is 0 Å². The molecule has 0 aromatic heterocycles. The zero-order valence-electron chi connectivity index (χ0n) is 11.3. The minimum atomic E-state index is -0.487. The van der Waals surface area contributed by atoms with Crippen molar-refractivity contribution >= 4 is 37.6 Å². The third-order valence-corrected chi connectivity index (χ3v) is 5.82. The molecule has 0 heterocycles. The molecule has 0 fully saturated rings. The van der Waals surface area contributed by atoms with Crippen molar-refractivity contribution < 1.29 is 14.6 Å². The Morgan fingerprint density at radius 2 is 1.71 bits per heavy atom. The molecule has 0 aliphatic carbocycles. The zero-order valence-corrected chi connectivity index (χ0v) is 14.5. The van der Waals surface area contributed by atoms with Gasteiger partial charge in [0.05, 0.1) is 22.3 Å². The molecule has 1 N–H and O–H groups in total. The standard InChI is InChI=1S/C16H14Br2O3/c1-21-11-8-6-10(7-9-11)14(17)15(18)16(20)12-4-2-3-5-13(12)19/h2-9,14-15,19H,1H3/t14-,15+/m0/s1. The highest BCUT2D eigenvalue weighted by atomic mass is 79.9. The molecule has 2 rings (SSSR count). The van der Waals surface area contributed by atoms with E-state index in [0.29, 0.717) is 5.56 Å². The van der Waals surface area contributed by atoms with Crippen LogP contribution in [0.1, 0.15) is 20.7 Å². The normalized spacial score (nSPS) is 13.5. The van der Waals surface area contributed by atoms with Gasteiger partial charge in [0, 0.05) is 0 Å². The van der Waals surface area contributed by atoms with Gasteiger partial charge in [-0.3, -0.25) is 4.79 Å². The number of carbonyl (C=O) groups is 1. The summed E-state index contributed by atoms with van der Waals surface area (Å²) < 4.78 is 5.11. The first-order valence-electron chi connectivity index (χ1n) is 6.29. The van der Waals surface area contributed by atoms with E-state index in [0.717, 1.165) is 11.3 Å². The van der Waals surface area contributed by atoms with E-state index < -0.39 is 4.83 Å². The van der Waals surface area contributed by atoms with E-state index in [1.165, 1.54) is 6.07 Å². The molecule has 0 spiro atoms. The van der Waals surface area contributed by atoms with Crippen LogP contribution in [0, 0.1) is 0 Å². The highest BCUT2D eigenvalue weighted by Gasteiger charge is 2.27. The van der Waals surface area contributed by atoms with E-state index >= 15 is 0 Å². The first-order valence-corrected chi connectivity index (χ1v) is 8.12. The van der Waals surface area contributed by atoms with Crippen molar-refractivity contribution in [2.45, 2.75) is 9.65 Å². The molecule has 0 aliphatic heterocycles. The first-order chi connectivity index (χ1) is 10.0. The molecule has 3 nitrogen and oxygen atoms in total. The monoisotopic (exact) mass is 412 g/mol. The molecule has 2 aromatic rings. The lowest BCUT2D eigenvalue weighted by molar-refractivity contribution is 0.0988. The third-order valence-electron chi connectivity index (χ3n) is 3.11. The van der Waals surface area contributed by atoms with Crippen LogP contribution in [0.4, 0.5) is 0 Å². The Bertz CT molecular complexity index is 626. The summed E-state index contributed by atoms with van der Waals surface area (Å²) in [6.45, 7) is 0. The Morgan fingerprint density at radius 3 is 2.29 bits per heavy atom. The van der Waals surface area contributed by atoms with E-state index in [1.54, 1.807) is 25.3 Å². The van der Waals surface area contributed by atoms with Gasteiger partial charge < -0.3 is 9.84 Å². The van der Waals surface area contributed by atoms with Crippen molar-refractivity contribution in [3.05, 3.63) is 59.7 Å². The molecule has 0 radical (unpaired) electrons. The number of benzene rings is 2. The van der Waals surface area contributed by atoms with Crippen molar-refractivity contribution in [1.29, 1.82) is 0 Å². The summed E-state index contributed by atoms with van der Waals surface area (Å²) in [5, 5.41) is 9.78. The Kier molecular flexibility index (Phi) is 5.42. The SMILES string of the molecule is COc1ccc([C@H](Br)[C@@H](Br)C(=O)c2ccccc2O)cc1. The number of phenols is 1. The van der Waals surface area contributed by atoms with Gasteiger partial charge in [-0.05, 0) is 29.8 Å². The third kappa shape index (κ3) is 3.66. The number of phenolic OH excluding ortho intramolecular Hbond substituents is 1. The molecular formula is C16H14Br2O3. The van der Waals surface area contributed by atoms with E-state index in [9.17, 15) is 9.90 Å². The van der Waals surface area contributed by atoms with E-state index in [4.69, 9.17) is 4.74 Å². The maximum Gasteiger partial charge on any atom is 0.181 e. The van der Waals surface area contributed by atoms with Gasteiger partial charge in [-0.1, -0.05) is 56.1 Å². The number of methoxy groups -OCH3 is 1. The number of ether oxygens (including phenoxy) is 1. The topological polar surface area (TPSA) is 46.5 Å². The van der Waals surface area contributed by atoms with Gasteiger partial charge in [-0.15, -0.1) is 0 Å². The van der Waals surface area contributed by atoms with Gasteiger partial charge in [0.25, 0.3) is 0 Å². The smallest absolute Gasteiger partial charge is 0.181 e. The average molecular weight is 414 g/mol. The molecule has 0 amide bonds. The molecule has 0 aliphatic rings. The molecular weight excluding hydrogens is 400 g/mol. The number of hydrogen-bond donors (Lipinski definition) is 1. The summed E-state index contributed by atoms with van der Waals surface area (Å²) in [5.41, 5.74) is 1.25. The minimum Gasteiger partial charge on any atom is -0.507 e. The summed E-state index contributed by atoms with van der Waals surface area (Å²) >= 11 is 6.94. The largest absolute Gasteiger partial charge is 0.507 e. The molecule has 0 unspecified atom stereocenters. The lowest BCUT2D eigenvalue weighted by Gasteiger charge is -2.17. The van der Waals surface area contributed by atoms with Gasteiger partial charge in [0.2, 0.25) is 0 Å². The number of rotatable bonds is 5. The number of halogens is 2. The number of Topliss-reactive ketones (excluding diaryl/α,β-unsaturated/α-hetero) is 1. The van der Waals surface area contributed by atoms with E-state index in [-0.39, 0.29) is 16.4 Å². The number of alkyl halides is 2. The van der Waals surface area contributed by atoms with Crippen molar-refractivity contribution in [1.82, 2.24) is 0 Å². The van der Waals surface area contributed by atoms with Crippen LogP contribution >= 0.6 is 31.9 Å². The highest BCUT2D eigenvalue weighted by Crippen LogP contribution is 2.35. The molecule has 0 saturated carbocycles. The lowest BCUT2D eigenvalue weighted by Crippen LogP contribution is -2.19. The van der Waals surface area contributed by atoms with Crippen LogP contribution < -0.4 is 4.74 Å². The molecule has 21 heavy (non-hydrogen) atoms. The van der Waals surface area contributed by atoms with Crippen molar-refractivity contribution in [2.24, 2.45) is 0 Å². The fraction of sp³-hybridized carbons (Fsp3) is 0.188. The van der Waals surface area contributed by atoms with Gasteiger partial charge in [0.15, 0.2) is 5.78 Å². The number of carbonyl (C=O) groups excluding carboxylic acids is 1. The lowest BCUT2D eigenvalue weighted by atomic mass is 10.0. The second-order valence-electron chi connectivity index (χ2n) is 4.46. The van der Waals surface area contributed by atoms with Crippen LogP contribution in [0.15, 0.2) is 48.5 Å². The van der Waals surface area contributed by atoms with Crippen LogP contribution in [-0.4, -0.2) is 22.8 Å². The molecule has 5 heteroatoms. The number of hydrogen-bond acceptors (Lipinski definition) is 3. The Balaban J connectivity index is 2.20. The van der Waals surface area contributed by atoms with Gasteiger partial charge in [-0.2, -0.15) is 0 Å². The molecule has 0 bridgehead atoms. The molecule has 110 valence electrons. The minimum absolute atomic E-state index is 0.0126. The quantitative estimate of drug-likeness (QED) is 0.580. The Morgan fingerprint density at radius 1 is 1.10 bits per heavy atom. The van der Waals surface area contributed by atoms with Crippen LogP contribution in [0.2, 0.25) is 0 Å². The second kappa shape index (κ2) is 7.09. The highest BCUT2D eigenvalue weighted by molar-refractivity contribution is 9.12. The number of aromatic hydroxyl groups is 1. The summed E-state index contributed by atoms with van der Waals surface area (Å²) in [5.74, 6) is 0.573. The van der Waals surface area contributed by atoms with Crippen molar-refractivity contribution in [2.75, 3.05) is 7.11 Å². The summed E-state index contributed by atoms with van der Waals surface area (Å²) in [6.07, 6.45) is 0.